The van der Waals surface area contributed by atoms with Gasteiger partial charge < -0.3 is 4.55 Å². The minimum Gasteiger partial charge on any atom is -0.744 e. The van der Waals surface area contributed by atoms with Crippen LogP contribution < -0.4 is 0 Å². The van der Waals surface area contributed by atoms with E-state index >= 15 is 0 Å². The van der Waals surface area contributed by atoms with Crippen molar-refractivity contribution in [3.8, 4) is 0 Å². The van der Waals surface area contributed by atoms with Gasteiger partial charge in [0.15, 0.2) is 0 Å². The first-order chi connectivity index (χ1) is 6.73. The molecule has 1 rings (SSSR count). The lowest BCUT2D eigenvalue weighted by molar-refractivity contribution is 0.463. The van der Waals surface area contributed by atoms with Gasteiger partial charge in [0.1, 0.15) is 10.1 Å². The Labute approximate surface area is 106 Å². The first-order valence-corrected chi connectivity index (χ1v) is 7.17. The lowest BCUT2D eigenvalue weighted by Gasteiger charge is -2.14. The Bertz CT molecular complexity index is 457. The fourth-order valence-electron chi connectivity index (χ4n) is 1.26. The summed E-state index contributed by atoms with van der Waals surface area (Å²) in [7, 11) is -4.40. The Morgan fingerprint density at radius 2 is 1.60 bits per heavy atom. The summed E-state index contributed by atoms with van der Waals surface area (Å²) in [5.74, 6) is 0.233. The van der Waals surface area contributed by atoms with Crippen LogP contribution in [0.25, 0.3) is 0 Å². The quantitative estimate of drug-likeness (QED) is 0.764. The molecule has 3 nitrogen and oxygen atoms in total. The molecule has 6 heteroatoms. The molecule has 0 aliphatic heterocycles. The second kappa shape index (κ2) is 4.53. The van der Waals surface area contributed by atoms with Gasteiger partial charge in [-0.1, -0.05) is 45.7 Å². The summed E-state index contributed by atoms with van der Waals surface area (Å²) in [5.41, 5.74) is 0.947. The Morgan fingerprint density at radius 1 is 1.20 bits per heavy atom. The molecule has 0 aromatic heterocycles. The molecule has 0 spiro atoms. The number of halogens is 2. The zero-order valence-corrected chi connectivity index (χ0v) is 12.1. The average Bonchev–Trinajstić information content (AvgIpc) is 1.99. The van der Waals surface area contributed by atoms with E-state index in [0.717, 1.165) is 5.56 Å². The van der Waals surface area contributed by atoms with Crippen LogP contribution >= 0.6 is 31.9 Å². The average molecular weight is 357 g/mol. The summed E-state index contributed by atoms with van der Waals surface area (Å²) >= 11 is 6.52. The zero-order chi connectivity index (χ0) is 11.8. The third-order valence-electron chi connectivity index (χ3n) is 1.92. The highest BCUT2D eigenvalue weighted by Crippen LogP contribution is 2.34. The molecule has 0 saturated carbocycles. The Kier molecular flexibility index (Phi) is 3.97. The molecular weight excluding hydrogens is 348 g/mol. The van der Waals surface area contributed by atoms with Gasteiger partial charge in [0.05, 0.1) is 4.90 Å². The van der Waals surface area contributed by atoms with Crippen molar-refractivity contribution in [2.24, 2.45) is 0 Å². The van der Waals surface area contributed by atoms with Crippen molar-refractivity contribution in [2.45, 2.75) is 24.7 Å². The molecule has 15 heavy (non-hydrogen) atoms. The number of rotatable bonds is 2. The van der Waals surface area contributed by atoms with Gasteiger partial charge in [0.2, 0.25) is 0 Å². The molecular formula is C9H9Br2O3S-. The smallest absolute Gasteiger partial charge is 0.124 e. The minimum absolute atomic E-state index is 0.231. The molecule has 0 unspecified atom stereocenters. The highest BCUT2D eigenvalue weighted by molar-refractivity contribution is 9.11. The molecule has 84 valence electrons. The van der Waals surface area contributed by atoms with Crippen LogP contribution in [0.15, 0.2) is 26.0 Å². The number of benzene rings is 1. The van der Waals surface area contributed by atoms with E-state index in [9.17, 15) is 13.0 Å². The van der Waals surface area contributed by atoms with Crippen molar-refractivity contribution in [1.29, 1.82) is 0 Å². The highest BCUT2D eigenvalue weighted by Gasteiger charge is 2.13. The number of hydrogen-bond acceptors (Lipinski definition) is 3. The van der Waals surface area contributed by atoms with Crippen LogP contribution in [0.4, 0.5) is 0 Å². The molecule has 0 fully saturated rings. The summed E-state index contributed by atoms with van der Waals surface area (Å²) in [6.07, 6.45) is 0. The SMILES string of the molecule is CC(C)c1c(Br)cc(S(=O)(=O)[O-])cc1Br. The second-order valence-corrected chi connectivity index (χ2v) is 6.50. The summed E-state index contributed by atoms with van der Waals surface area (Å²) in [4.78, 5) is -0.231. The molecule has 0 atom stereocenters. The number of hydrogen-bond donors (Lipinski definition) is 0. The highest BCUT2D eigenvalue weighted by atomic mass is 79.9. The molecule has 0 aliphatic carbocycles. The Morgan fingerprint density at radius 3 is 1.87 bits per heavy atom. The van der Waals surface area contributed by atoms with Crippen molar-refractivity contribution in [2.75, 3.05) is 0 Å². The molecule has 0 aliphatic rings. The van der Waals surface area contributed by atoms with Gasteiger partial charge in [-0.2, -0.15) is 0 Å². The van der Waals surface area contributed by atoms with E-state index in [1.165, 1.54) is 12.1 Å². The first-order valence-electron chi connectivity index (χ1n) is 4.18. The van der Waals surface area contributed by atoms with Gasteiger partial charge >= 0.3 is 0 Å². The molecule has 0 heterocycles. The van der Waals surface area contributed by atoms with Crippen LogP contribution in [0.1, 0.15) is 25.3 Å². The van der Waals surface area contributed by atoms with Crippen LogP contribution in [0.3, 0.4) is 0 Å². The first kappa shape index (κ1) is 13.2. The van der Waals surface area contributed by atoms with E-state index in [2.05, 4.69) is 31.9 Å². The summed E-state index contributed by atoms with van der Waals surface area (Å²) in [6, 6.07) is 2.67. The van der Waals surface area contributed by atoms with E-state index < -0.39 is 10.1 Å². The van der Waals surface area contributed by atoms with Crippen LogP contribution in [0.2, 0.25) is 0 Å². The zero-order valence-electron chi connectivity index (χ0n) is 8.12. The lowest BCUT2D eigenvalue weighted by Crippen LogP contribution is -2.01. The normalized spacial score (nSPS) is 12.1. The molecule has 1 aromatic rings. The van der Waals surface area contributed by atoms with Crippen LogP contribution in [-0.2, 0) is 10.1 Å². The molecule has 1 aromatic carbocycles. The molecule has 0 N–H and O–H groups in total. The molecule has 0 amide bonds. The predicted octanol–water partition coefficient (Wildman–Crippen LogP) is 3.24. The Balaban J connectivity index is 3.45. The van der Waals surface area contributed by atoms with Crippen molar-refractivity contribution in [1.82, 2.24) is 0 Å². The largest absolute Gasteiger partial charge is 0.744 e. The third-order valence-corrected chi connectivity index (χ3v) is 4.04. The standard InChI is InChI=1S/C9H10Br2O3S/c1-5(2)9-7(10)3-6(4-8(9)11)15(12,13)14/h3-5H,1-2H3,(H,12,13,14)/p-1. The van der Waals surface area contributed by atoms with E-state index in [1.807, 2.05) is 13.8 Å². The lowest BCUT2D eigenvalue weighted by atomic mass is 10.0. The van der Waals surface area contributed by atoms with Crippen LogP contribution in [-0.4, -0.2) is 13.0 Å². The Hall–Kier alpha value is 0.0900. The predicted molar refractivity (Wildman–Crippen MR) is 63.9 cm³/mol. The second-order valence-electron chi connectivity index (χ2n) is 3.41. The maximum atomic E-state index is 10.8. The van der Waals surface area contributed by atoms with Gasteiger partial charge in [0.25, 0.3) is 0 Å². The van der Waals surface area contributed by atoms with E-state index in [-0.39, 0.29) is 10.8 Å². The topological polar surface area (TPSA) is 57.2 Å². The summed E-state index contributed by atoms with van der Waals surface area (Å²) in [5, 5.41) is 0. The molecule has 0 bridgehead atoms. The fraction of sp³-hybridized carbons (Fsp3) is 0.333. The van der Waals surface area contributed by atoms with Crippen LogP contribution in [0, 0.1) is 0 Å². The summed E-state index contributed by atoms with van der Waals surface area (Å²) in [6.45, 7) is 3.96. The summed E-state index contributed by atoms with van der Waals surface area (Å²) < 4.78 is 33.7. The maximum absolute atomic E-state index is 10.8. The van der Waals surface area contributed by atoms with Gasteiger partial charge in [-0.05, 0) is 23.6 Å². The monoisotopic (exact) mass is 355 g/mol. The van der Waals surface area contributed by atoms with Crippen molar-refractivity contribution < 1.29 is 13.0 Å². The van der Waals surface area contributed by atoms with Gasteiger partial charge in [-0.15, -0.1) is 0 Å². The van der Waals surface area contributed by atoms with Crippen molar-refractivity contribution in [3.05, 3.63) is 26.6 Å². The third kappa shape index (κ3) is 3.03. The molecule has 0 radical (unpaired) electrons. The van der Waals surface area contributed by atoms with Crippen molar-refractivity contribution >= 4 is 42.0 Å². The minimum atomic E-state index is -4.40. The van der Waals surface area contributed by atoms with Crippen LogP contribution in [0.5, 0.6) is 0 Å². The van der Waals surface area contributed by atoms with Gasteiger partial charge in [-0.3, -0.25) is 0 Å². The van der Waals surface area contributed by atoms with E-state index in [1.54, 1.807) is 0 Å². The van der Waals surface area contributed by atoms with E-state index in [0.29, 0.717) is 8.95 Å². The van der Waals surface area contributed by atoms with Crippen molar-refractivity contribution in [3.63, 3.8) is 0 Å². The van der Waals surface area contributed by atoms with E-state index in [4.69, 9.17) is 0 Å². The van der Waals surface area contributed by atoms with Gasteiger partial charge in [0, 0.05) is 8.95 Å². The molecule has 0 saturated heterocycles. The maximum Gasteiger partial charge on any atom is 0.124 e. The fourth-order valence-corrected chi connectivity index (χ4v) is 4.19. The van der Waals surface area contributed by atoms with Gasteiger partial charge in [-0.25, -0.2) is 8.42 Å².